The topological polar surface area (TPSA) is 80.5 Å². The lowest BCUT2D eigenvalue weighted by atomic mass is 10.1. The van der Waals surface area contributed by atoms with Crippen LogP contribution in [-0.2, 0) is 9.59 Å². The van der Waals surface area contributed by atoms with Crippen molar-refractivity contribution in [3.05, 3.63) is 52.1 Å². The van der Waals surface area contributed by atoms with Gasteiger partial charge in [0.15, 0.2) is 5.03 Å². The normalized spacial score (nSPS) is 15.2. The van der Waals surface area contributed by atoms with Gasteiger partial charge < -0.3 is 0 Å². The lowest BCUT2D eigenvalue weighted by Crippen LogP contribution is -2.36. The van der Waals surface area contributed by atoms with E-state index < -0.39 is 16.8 Å². The number of carbonyl (C=O) groups is 2. The van der Waals surface area contributed by atoms with Gasteiger partial charge in [-0.05, 0) is 5.56 Å². The Kier molecular flexibility index (Phi) is 2.24. The van der Waals surface area contributed by atoms with Crippen LogP contribution in [0.25, 0.3) is 5.57 Å². The molecular weight excluding hydrogens is 212 g/mol. The fraction of sp³-hybridized carbons (Fsp3) is 0. The maximum Gasteiger partial charge on any atom is 0.324 e. The molecule has 0 fully saturated rings. The number of amides is 2. The smallest absolute Gasteiger partial charge is 0.263 e. The van der Waals surface area contributed by atoms with Crippen LogP contribution in [0.2, 0.25) is 0 Å². The Bertz CT molecular complexity index is 507. The first kappa shape index (κ1) is 10.0. The third kappa shape index (κ3) is 1.46. The molecule has 6 nitrogen and oxygen atoms in total. The highest BCUT2D eigenvalue weighted by molar-refractivity contribution is 6.32. The van der Waals surface area contributed by atoms with E-state index in [2.05, 4.69) is 0 Å². The van der Waals surface area contributed by atoms with Crippen molar-refractivity contribution in [1.29, 1.82) is 0 Å². The molecule has 0 bridgehead atoms. The zero-order valence-electron chi connectivity index (χ0n) is 7.99. The minimum Gasteiger partial charge on any atom is -0.263 e. The zero-order chi connectivity index (χ0) is 11.7. The standard InChI is InChI=1S/C10H6N2O4/c13-9-6-8(7-4-2-1-3-5-7)10(14)11(9)12(15)16/h1-6H. The van der Waals surface area contributed by atoms with Gasteiger partial charge in [0.05, 0.1) is 5.57 Å². The molecule has 0 N–H and O–H groups in total. The molecule has 0 atom stereocenters. The molecular formula is C10H6N2O4. The van der Waals surface area contributed by atoms with Crippen molar-refractivity contribution in [1.82, 2.24) is 5.01 Å². The average Bonchev–Trinajstić information content (AvgIpc) is 2.55. The maximum atomic E-state index is 11.6. The Morgan fingerprint density at radius 2 is 1.75 bits per heavy atom. The molecule has 80 valence electrons. The summed E-state index contributed by atoms with van der Waals surface area (Å²) in [7, 11) is 0. The van der Waals surface area contributed by atoms with Crippen LogP contribution in [0.4, 0.5) is 0 Å². The van der Waals surface area contributed by atoms with Gasteiger partial charge in [0.1, 0.15) is 0 Å². The molecule has 0 aromatic heterocycles. The maximum absolute atomic E-state index is 11.6. The molecule has 0 radical (unpaired) electrons. The van der Waals surface area contributed by atoms with Gasteiger partial charge in [-0.15, -0.1) is 0 Å². The quantitative estimate of drug-likeness (QED) is 0.414. The number of carbonyl (C=O) groups excluding carboxylic acids is 2. The van der Waals surface area contributed by atoms with Crippen LogP contribution in [-0.4, -0.2) is 21.9 Å². The third-order valence-corrected chi connectivity index (χ3v) is 2.15. The highest BCUT2D eigenvalue weighted by Crippen LogP contribution is 2.22. The summed E-state index contributed by atoms with van der Waals surface area (Å²) < 4.78 is 0. The van der Waals surface area contributed by atoms with E-state index in [0.717, 1.165) is 6.08 Å². The molecule has 2 amide bonds. The summed E-state index contributed by atoms with van der Waals surface area (Å²) in [6.07, 6.45) is 0.973. The van der Waals surface area contributed by atoms with Crippen molar-refractivity contribution >= 4 is 17.4 Å². The van der Waals surface area contributed by atoms with Gasteiger partial charge in [-0.2, -0.15) is 0 Å². The number of rotatable bonds is 2. The van der Waals surface area contributed by atoms with E-state index in [9.17, 15) is 19.7 Å². The van der Waals surface area contributed by atoms with Gasteiger partial charge >= 0.3 is 11.8 Å². The van der Waals surface area contributed by atoms with Crippen LogP contribution in [0.1, 0.15) is 5.56 Å². The van der Waals surface area contributed by atoms with Gasteiger partial charge in [0.2, 0.25) is 0 Å². The van der Waals surface area contributed by atoms with E-state index in [-0.39, 0.29) is 10.6 Å². The molecule has 0 aliphatic carbocycles. The predicted molar refractivity (Wildman–Crippen MR) is 53.3 cm³/mol. The summed E-state index contributed by atoms with van der Waals surface area (Å²) >= 11 is 0. The van der Waals surface area contributed by atoms with E-state index in [1.54, 1.807) is 30.3 Å². The van der Waals surface area contributed by atoms with Crippen molar-refractivity contribution in [3.63, 3.8) is 0 Å². The second-order valence-electron chi connectivity index (χ2n) is 3.12. The highest BCUT2D eigenvalue weighted by atomic mass is 16.7. The molecule has 0 saturated carbocycles. The summed E-state index contributed by atoms with van der Waals surface area (Å²) in [6.45, 7) is 0. The van der Waals surface area contributed by atoms with Crippen LogP contribution < -0.4 is 0 Å². The largest absolute Gasteiger partial charge is 0.324 e. The molecule has 1 aromatic carbocycles. The first-order valence-corrected chi connectivity index (χ1v) is 4.41. The fourth-order valence-electron chi connectivity index (χ4n) is 1.44. The number of hydrogen-bond acceptors (Lipinski definition) is 4. The van der Waals surface area contributed by atoms with Crippen LogP contribution in [0.3, 0.4) is 0 Å². The summed E-state index contributed by atoms with van der Waals surface area (Å²) in [4.78, 5) is 33.2. The minimum absolute atomic E-state index is 0.00231. The molecule has 1 aromatic rings. The number of hydrogen-bond donors (Lipinski definition) is 0. The molecule has 6 heteroatoms. The second kappa shape index (κ2) is 3.58. The summed E-state index contributed by atoms with van der Waals surface area (Å²) in [5, 5.41) is 9.44. The van der Waals surface area contributed by atoms with Crippen LogP contribution in [0.5, 0.6) is 0 Å². The van der Waals surface area contributed by atoms with Gasteiger partial charge in [0.25, 0.3) is 0 Å². The second-order valence-corrected chi connectivity index (χ2v) is 3.12. The molecule has 0 saturated heterocycles. The fourth-order valence-corrected chi connectivity index (χ4v) is 1.44. The molecule has 0 unspecified atom stereocenters. The van der Waals surface area contributed by atoms with E-state index in [4.69, 9.17) is 0 Å². The minimum atomic E-state index is -1.02. The number of imide groups is 1. The van der Waals surface area contributed by atoms with E-state index >= 15 is 0 Å². The van der Waals surface area contributed by atoms with E-state index in [0.29, 0.717) is 5.56 Å². The molecule has 2 rings (SSSR count). The monoisotopic (exact) mass is 218 g/mol. The van der Waals surface area contributed by atoms with Crippen LogP contribution >= 0.6 is 0 Å². The Labute approximate surface area is 89.9 Å². The van der Waals surface area contributed by atoms with Gasteiger partial charge in [0, 0.05) is 11.1 Å². The Hall–Kier alpha value is -2.50. The van der Waals surface area contributed by atoms with Crippen LogP contribution in [0.15, 0.2) is 36.4 Å². The third-order valence-electron chi connectivity index (χ3n) is 2.15. The molecule has 1 aliphatic rings. The lowest BCUT2D eigenvalue weighted by molar-refractivity contribution is -0.612. The first-order valence-electron chi connectivity index (χ1n) is 4.41. The molecule has 16 heavy (non-hydrogen) atoms. The van der Waals surface area contributed by atoms with Crippen molar-refractivity contribution in [3.8, 4) is 0 Å². The van der Waals surface area contributed by atoms with E-state index in [1.165, 1.54) is 0 Å². The number of nitrogens with zero attached hydrogens (tertiary/aromatic N) is 2. The Balaban J connectivity index is 2.40. The van der Waals surface area contributed by atoms with Crippen LogP contribution in [0, 0.1) is 10.1 Å². The van der Waals surface area contributed by atoms with Crippen molar-refractivity contribution in [2.24, 2.45) is 0 Å². The van der Waals surface area contributed by atoms with Gasteiger partial charge in [-0.3, -0.25) is 9.59 Å². The zero-order valence-corrected chi connectivity index (χ0v) is 7.99. The Morgan fingerprint density at radius 1 is 1.12 bits per heavy atom. The SMILES string of the molecule is O=C1C=C(c2ccccc2)C(=O)N1[N+](=O)[O-]. The van der Waals surface area contributed by atoms with Crippen molar-refractivity contribution < 1.29 is 14.6 Å². The van der Waals surface area contributed by atoms with E-state index in [1.807, 2.05) is 0 Å². The average molecular weight is 218 g/mol. The predicted octanol–water partition coefficient (Wildman–Crippen LogP) is 0.631. The van der Waals surface area contributed by atoms with Gasteiger partial charge in [-0.1, -0.05) is 30.3 Å². The number of hydrazine groups is 1. The Morgan fingerprint density at radius 3 is 2.25 bits per heavy atom. The first-order chi connectivity index (χ1) is 7.61. The van der Waals surface area contributed by atoms with Gasteiger partial charge in [-0.25, -0.2) is 10.1 Å². The molecule has 1 heterocycles. The molecule has 0 spiro atoms. The summed E-state index contributed by atoms with van der Waals surface area (Å²) in [6, 6.07) is 8.34. The highest BCUT2D eigenvalue weighted by Gasteiger charge is 2.40. The van der Waals surface area contributed by atoms with Crippen molar-refractivity contribution in [2.45, 2.75) is 0 Å². The number of benzene rings is 1. The number of nitro groups is 1. The molecule has 1 aliphatic heterocycles. The summed E-state index contributed by atoms with van der Waals surface area (Å²) in [5.74, 6) is -1.82. The summed E-state index contributed by atoms with van der Waals surface area (Å²) in [5.41, 5.74) is 0.535. The van der Waals surface area contributed by atoms with Crippen molar-refractivity contribution in [2.75, 3.05) is 0 Å². The lowest BCUT2D eigenvalue weighted by Gasteiger charge is -2.02.